The van der Waals surface area contributed by atoms with Crippen molar-refractivity contribution in [2.75, 3.05) is 36.9 Å². The van der Waals surface area contributed by atoms with E-state index in [9.17, 15) is 27.2 Å². The van der Waals surface area contributed by atoms with Crippen LogP contribution in [0.3, 0.4) is 0 Å². The van der Waals surface area contributed by atoms with Crippen LogP contribution < -0.4 is 20.7 Å². The Labute approximate surface area is 276 Å². The normalized spacial score (nSPS) is 29.6. The standard InChI is InChI=1S/C34H30F6N8O/c1-14-6-20(42)44-26(24(14)34(38,39)40)22-18(10-41)21-15(2)8-33-19-7-17(43-28(19)33)12-48(33)30-23(21)27(25(22)35)45-31(46-30)49-13-32-4-3-5-47(32)11-16(9-32)29(36)37/h6,17,19,28,43H,2-5,7-9,11-13H2,1H3,(H2,42,44)/t17-,19?,28+,32+,33-/m1/s1. The second-order valence-electron chi connectivity index (χ2n) is 14.3. The Hall–Kier alpha value is -4.42. The predicted molar refractivity (Wildman–Crippen MR) is 167 cm³/mol. The number of benzene rings is 1. The van der Waals surface area contributed by atoms with Crippen molar-refractivity contribution in [2.45, 2.75) is 68.4 Å². The SMILES string of the molecule is C=C1C[C@]23C4C[C@H](CN2c2nc(OC[C@@]56CCCN5CC(=C(F)F)C6)nc5c(F)c(-c6nc(N)cc(C)c6C(F)(F)F)c(C#N)c1c25)N[C@@H]43. The number of nitrogens with two attached hydrogens (primary N) is 1. The maximum Gasteiger partial charge on any atom is 0.418 e. The summed E-state index contributed by atoms with van der Waals surface area (Å²) in [5.41, 5.74) is 1.68. The van der Waals surface area contributed by atoms with Gasteiger partial charge in [0.2, 0.25) is 0 Å². The number of piperidine rings is 2. The van der Waals surface area contributed by atoms with Crippen molar-refractivity contribution < 1.29 is 31.1 Å². The van der Waals surface area contributed by atoms with Crippen molar-refractivity contribution in [3.8, 4) is 23.3 Å². The Balaban J connectivity index is 1.28. The fraction of sp³-hybridized carbons (Fsp3) is 0.471. The first-order valence-electron chi connectivity index (χ1n) is 16.2. The highest BCUT2D eigenvalue weighted by atomic mass is 19.4. The van der Waals surface area contributed by atoms with Gasteiger partial charge in [0.05, 0.1) is 38.8 Å². The number of nitrogens with one attached hydrogen (secondary N) is 1. The monoisotopic (exact) mass is 680 g/mol. The van der Waals surface area contributed by atoms with Gasteiger partial charge in [0.1, 0.15) is 29.8 Å². The number of ether oxygens (including phenoxy) is 1. The Kier molecular flexibility index (Phi) is 6.15. The van der Waals surface area contributed by atoms with E-state index >= 15 is 4.39 Å². The molecule has 1 saturated carbocycles. The third-order valence-corrected chi connectivity index (χ3v) is 11.8. The van der Waals surface area contributed by atoms with Crippen LogP contribution in [-0.2, 0) is 6.18 Å². The number of hydrogen-bond acceptors (Lipinski definition) is 9. The van der Waals surface area contributed by atoms with E-state index in [0.29, 0.717) is 37.3 Å². The molecular weight excluding hydrogens is 650 g/mol. The lowest BCUT2D eigenvalue weighted by Gasteiger charge is -2.43. The van der Waals surface area contributed by atoms with Gasteiger partial charge in [-0.3, -0.25) is 4.90 Å². The van der Waals surface area contributed by atoms with Gasteiger partial charge in [-0.15, -0.1) is 0 Å². The summed E-state index contributed by atoms with van der Waals surface area (Å²) in [4.78, 5) is 17.3. The zero-order valence-corrected chi connectivity index (χ0v) is 26.3. The Morgan fingerprint density at radius 1 is 1.22 bits per heavy atom. The number of hydrogen-bond donors (Lipinski definition) is 2. The quantitative estimate of drug-likeness (QED) is 0.334. The molecule has 1 unspecified atom stereocenters. The summed E-state index contributed by atoms with van der Waals surface area (Å²) >= 11 is 0. The maximum atomic E-state index is 17.2. The van der Waals surface area contributed by atoms with Crippen molar-refractivity contribution >= 4 is 28.1 Å². The molecule has 5 atom stereocenters. The van der Waals surface area contributed by atoms with Gasteiger partial charge in [-0.2, -0.15) is 37.2 Å². The van der Waals surface area contributed by atoms with Gasteiger partial charge < -0.3 is 20.7 Å². The van der Waals surface area contributed by atoms with Crippen LogP contribution in [0.5, 0.6) is 6.01 Å². The molecule has 7 aliphatic rings. The highest BCUT2D eigenvalue weighted by molar-refractivity contribution is 6.07. The molecule has 0 amide bonds. The number of aryl methyl sites for hydroxylation is 1. The summed E-state index contributed by atoms with van der Waals surface area (Å²) < 4.78 is 94.5. The minimum atomic E-state index is -4.96. The molecule has 2 aromatic heterocycles. The smallest absolute Gasteiger partial charge is 0.418 e. The number of nitriles is 1. The van der Waals surface area contributed by atoms with Gasteiger partial charge in [0.25, 0.3) is 6.08 Å². The largest absolute Gasteiger partial charge is 0.461 e. The number of anilines is 2. The Morgan fingerprint density at radius 3 is 2.71 bits per heavy atom. The summed E-state index contributed by atoms with van der Waals surface area (Å²) in [7, 11) is 0. The molecule has 10 rings (SSSR count). The molecule has 1 spiro atoms. The average Bonchev–Trinajstić information content (AvgIpc) is 3.35. The van der Waals surface area contributed by atoms with Crippen LogP contribution >= 0.6 is 0 Å². The van der Waals surface area contributed by atoms with Gasteiger partial charge in [-0.1, -0.05) is 6.58 Å². The average molecular weight is 681 g/mol. The summed E-state index contributed by atoms with van der Waals surface area (Å²) in [6.07, 6.45) is -3.90. The van der Waals surface area contributed by atoms with Crippen molar-refractivity contribution in [1.82, 2.24) is 25.2 Å². The van der Waals surface area contributed by atoms with Crippen molar-refractivity contribution in [3.05, 3.63) is 52.4 Å². The molecule has 3 aromatic rings. The number of fused-ring (bicyclic) bond motifs is 1. The van der Waals surface area contributed by atoms with Gasteiger partial charge in [0.15, 0.2) is 5.82 Å². The van der Waals surface area contributed by atoms with E-state index in [1.807, 2.05) is 11.0 Å². The molecule has 254 valence electrons. The number of nitrogen functional groups attached to an aromatic ring is 1. The van der Waals surface area contributed by atoms with E-state index in [-0.39, 0.29) is 82.6 Å². The summed E-state index contributed by atoms with van der Waals surface area (Å²) in [5, 5.41) is 14.4. The number of piperazine rings is 1. The summed E-state index contributed by atoms with van der Waals surface area (Å²) in [6, 6.07) is 3.02. The number of aromatic nitrogens is 3. The van der Waals surface area contributed by atoms with Gasteiger partial charge in [-0.05, 0) is 62.8 Å². The van der Waals surface area contributed by atoms with Crippen LogP contribution in [0.2, 0.25) is 0 Å². The van der Waals surface area contributed by atoms with E-state index in [0.717, 1.165) is 18.9 Å². The van der Waals surface area contributed by atoms with E-state index in [4.69, 9.17) is 15.5 Å². The predicted octanol–water partition coefficient (Wildman–Crippen LogP) is 5.72. The molecule has 1 aromatic carbocycles. The Bertz CT molecular complexity index is 2090. The van der Waals surface area contributed by atoms with Crippen LogP contribution in [0.15, 0.2) is 24.3 Å². The molecule has 1 aliphatic carbocycles. The van der Waals surface area contributed by atoms with Crippen molar-refractivity contribution in [3.63, 3.8) is 0 Å². The summed E-state index contributed by atoms with van der Waals surface area (Å²) in [5.74, 6) is -0.945. The lowest BCUT2D eigenvalue weighted by Crippen LogP contribution is -2.58. The van der Waals surface area contributed by atoms with Gasteiger partial charge in [0, 0.05) is 42.2 Å². The highest BCUT2D eigenvalue weighted by Gasteiger charge is 2.75. The van der Waals surface area contributed by atoms with Crippen LogP contribution in [0.1, 0.15) is 54.4 Å². The molecule has 6 aliphatic heterocycles. The minimum Gasteiger partial charge on any atom is -0.461 e. The molecule has 6 fully saturated rings. The molecule has 15 heteroatoms. The zero-order chi connectivity index (χ0) is 34.4. The summed E-state index contributed by atoms with van der Waals surface area (Å²) in [6.45, 7) is 6.72. The fourth-order valence-corrected chi connectivity index (χ4v) is 9.81. The lowest BCUT2D eigenvalue weighted by molar-refractivity contribution is -0.137. The number of alkyl halides is 3. The van der Waals surface area contributed by atoms with Crippen molar-refractivity contribution in [2.24, 2.45) is 5.92 Å². The molecule has 0 radical (unpaired) electrons. The number of nitrogens with zero attached hydrogens (tertiary/aromatic N) is 6. The van der Waals surface area contributed by atoms with Crippen molar-refractivity contribution in [1.29, 1.82) is 5.26 Å². The minimum absolute atomic E-state index is 0.0457. The third kappa shape index (κ3) is 4.04. The fourth-order valence-electron chi connectivity index (χ4n) is 9.81. The van der Waals surface area contributed by atoms with Crippen LogP contribution in [0.4, 0.5) is 38.0 Å². The molecule has 5 saturated heterocycles. The third-order valence-electron chi connectivity index (χ3n) is 11.8. The first-order valence-corrected chi connectivity index (χ1v) is 16.2. The van der Waals surface area contributed by atoms with E-state index in [1.54, 1.807) is 0 Å². The zero-order valence-electron chi connectivity index (χ0n) is 26.3. The number of rotatable bonds is 4. The first kappa shape index (κ1) is 30.6. The molecule has 3 N–H and O–H groups in total. The molecular formula is C34H30F6N8O. The lowest BCUT2D eigenvalue weighted by atomic mass is 9.86. The second-order valence-corrected chi connectivity index (χ2v) is 14.3. The topological polar surface area (TPSA) is 116 Å². The van der Waals surface area contributed by atoms with Crippen LogP contribution in [-0.4, -0.2) is 69.3 Å². The highest BCUT2D eigenvalue weighted by Crippen LogP contribution is 2.65. The number of pyridine rings is 1. The maximum absolute atomic E-state index is 17.2. The van der Waals surface area contributed by atoms with Gasteiger partial charge >= 0.3 is 12.2 Å². The van der Waals surface area contributed by atoms with E-state index < -0.39 is 46.0 Å². The Morgan fingerprint density at radius 2 is 2.02 bits per heavy atom. The van der Waals surface area contributed by atoms with Gasteiger partial charge in [-0.25, -0.2) is 9.37 Å². The number of halogens is 6. The van der Waals surface area contributed by atoms with Crippen LogP contribution in [0.25, 0.3) is 27.7 Å². The molecule has 49 heavy (non-hydrogen) atoms. The van der Waals surface area contributed by atoms with E-state index in [2.05, 4.69) is 26.8 Å². The molecule has 9 nitrogen and oxygen atoms in total. The second kappa shape index (κ2) is 9.85. The van der Waals surface area contributed by atoms with E-state index in [1.165, 1.54) is 6.92 Å². The molecule has 4 bridgehead atoms. The first-order chi connectivity index (χ1) is 23.3. The van der Waals surface area contributed by atoms with Crippen LogP contribution in [0, 0.1) is 30.0 Å². The molecule has 8 heterocycles.